The number of benzene rings is 1. The lowest BCUT2D eigenvalue weighted by atomic mass is 10.2. The molecule has 2 aromatic rings. The maximum Gasteiger partial charge on any atom is 0.349 e. The molecular formula is C14H14N2O5. The lowest BCUT2D eigenvalue weighted by Gasteiger charge is -2.09. The molecule has 2 rings (SSSR count). The van der Waals surface area contributed by atoms with Crippen molar-refractivity contribution < 1.29 is 19.4 Å². The first-order valence-corrected chi connectivity index (χ1v) is 6.19. The van der Waals surface area contributed by atoms with Gasteiger partial charge in [0.2, 0.25) is 5.88 Å². The largest absolute Gasteiger partial charge is 0.474 e. The van der Waals surface area contributed by atoms with E-state index in [4.69, 9.17) is 9.84 Å². The van der Waals surface area contributed by atoms with Gasteiger partial charge in [0.05, 0.1) is 13.7 Å². The Hall–Kier alpha value is -2.67. The highest BCUT2D eigenvalue weighted by Gasteiger charge is 2.21. The van der Waals surface area contributed by atoms with Crippen molar-refractivity contribution in [2.45, 2.75) is 0 Å². The van der Waals surface area contributed by atoms with Crippen LogP contribution in [0, 0.1) is 0 Å². The minimum Gasteiger partial charge on any atom is -0.474 e. The first-order chi connectivity index (χ1) is 10.2. The van der Waals surface area contributed by atoms with E-state index >= 15 is 0 Å². The molecule has 0 aliphatic heterocycles. The van der Waals surface area contributed by atoms with Gasteiger partial charge in [0.15, 0.2) is 5.56 Å². The average molecular weight is 290 g/mol. The molecule has 0 fully saturated rings. The van der Waals surface area contributed by atoms with Crippen LogP contribution in [-0.2, 0) is 4.74 Å². The maximum atomic E-state index is 12.1. The molecule has 0 bridgehead atoms. The molecule has 0 aliphatic carbocycles. The number of carbonyl (C=O) groups is 1. The minimum absolute atomic E-state index is 0.0886. The van der Waals surface area contributed by atoms with Gasteiger partial charge >= 0.3 is 5.97 Å². The second-order valence-corrected chi connectivity index (χ2v) is 4.02. The fraction of sp³-hybridized carbons (Fsp3) is 0.214. The number of methoxy groups -OCH3 is 1. The van der Waals surface area contributed by atoms with Crippen LogP contribution in [-0.4, -0.2) is 41.4 Å². The number of aromatic nitrogens is 2. The highest BCUT2D eigenvalue weighted by Crippen LogP contribution is 2.18. The van der Waals surface area contributed by atoms with Crippen LogP contribution in [0.5, 0.6) is 5.88 Å². The van der Waals surface area contributed by atoms with Gasteiger partial charge in [-0.1, -0.05) is 30.3 Å². The second-order valence-electron chi connectivity index (χ2n) is 4.02. The molecule has 0 atom stereocenters. The number of nitrogens with one attached hydrogen (secondary N) is 1. The highest BCUT2D eigenvalue weighted by atomic mass is 16.5. The molecular weight excluding hydrogens is 276 g/mol. The number of hydrogen-bond donors (Lipinski definition) is 2. The molecule has 21 heavy (non-hydrogen) atoms. The van der Waals surface area contributed by atoms with Crippen molar-refractivity contribution >= 4 is 5.97 Å². The predicted molar refractivity (Wildman–Crippen MR) is 74.2 cm³/mol. The first kappa shape index (κ1) is 14.7. The van der Waals surface area contributed by atoms with Crippen molar-refractivity contribution in [3.8, 4) is 17.3 Å². The van der Waals surface area contributed by atoms with Crippen LogP contribution in [0.4, 0.5) is 0 Å². The zero-order valence-electron chi connectivity index (χ0n) is 11.3. The van der Waals surface area contributed by atoms with E-state index in [1.54, 1.807) is 24.3 Å². The molecule has 1 aromatic carbocycles. The minimum atomic E-state index is -0.851. The van der Waals surface area contributed by atoms with E-state index in [1.165, 1.54) is 0 Å². The third-order valence-electron chi connectivity index (χ3n) is 2.65. The van der Waals surface area contributed by atoms with E-state index in [2.05, 4.69) is 14.7 Å². The van der Waals surface area contributed by atoms with Gasteiger partial charge in [0.25, 0.3) is 5.56 Å². The van der Waals surface area contributed by atoms with Crippen molar-refractivity contribution in [3.05, 3.63) is 46.2 Å². The summed E-state index contributed by atoms with van der Waals surface area (Å²) in [4.78, 5) is 30.3. The lowest BCUT2D eigenvalue weighted by Crippen LogP contribution is -2.23. The molecule has 0 saturated carbocycles. The van der Waals surface area contributed by atoms with Crippen LogP contribution in [0.2, 0.25) is 0 Å². The number of ether oxygens (including phenoxy) is 2. The number of hydrogen-bond acceptors (Lipinski definition) is 6. The topological polar surface area (TPSA) is 102 Å². The normalized spacial score (nSPS) is 10.2. The highest BCUT2D eigenvalue weighted by molar-refractivity contribution is 5.91. The quantitative estimate of drug-likeness (QED) is 0.782. The summed E-state index contributed by atoms with van der Waals surface area (Å²) in [5.41, 5.74) is -0.325. The van der Waals surface area contributed by atoms with E-state index in [0.717, 1.165) is 7.11 Å². The fourth-order valence-electron chi connectivity index (χ4n) is 1.71. The van der Waals surface area contributed by atoms with Gasteiger partial charge in [-0.3, -0.25) is 4.79 Å². The van der Waals surface area contributed by atoms with Gasteiger partial charge < -0.3 is 19.6 Å². The van der Waals surface area contributed by atoms with Crippen molar-refractivity contribution in [1.82, 2.24) is 9.97 Å². The van der Waals surface area contributed by atoms with Crippen LogP contribution >= 0.6 is 0 Å². The van der Waals surface area contributed by atoms with Crippen LogP contribution in [0.25, 0.3) is 11.4 Å². The van der Waals surface area contributed by atoms with Crippen LogP contribution in [0.15, 0.2) is 35.1 Å². The Balaban J connectivity index is 2.54. The summed E-state index contributed by atoms with van der Waals surface area (Å²) in [6.07, 6.45) is 0. The average Bonchev–Trinajstić information content (AvgIpc) is 2.52. The standard InChI is InChI=1S/C14H14N2O5/c1-20-14(19)10-12(18)15-11(9-5-3-2-4-6-9)16-13(10)21-8-7-17/h2-6,17H,7-8H2,1H3,(H,15,16,18). The number of nitrogens with zero attached hydrogens (tertiary/aromatic N) is 1. The van der Waals surface area contributed by atoms with E-state index in [-0.39, 0.29) is 30.5 Å². The molecule has 0 aliphatic rings. The third kappa shape index (κ3) is 3.26. The molecule has 0 saturated heterocycles. The Kier molecular flexibility index (Phi) is 4.68. The zero-order valence-corrected chi connectivity index (χ0v) is 11.3. The summed E-state index contributed by atoms with van der Waals surface area (Å²) < 4.78 is 9.71. The Bertz CT molecular complexity index is 682. The molecule has 1 aromatic heterocycles. The van der Waals surface area contributed by atoms with Crippen molar-refractivity contribution in [3.63, 3.8) is 0 Å². The van der Waals surface area contributed by atoms with E-state index in [1.807, 2.05) is 6.07 Å². The monoisotopic (exact) mass is 290 g/mol. The van der Waals surface area contributed by atoms with Gasteiger partial charge in [-0.25, -0.2) is 4.79 Å². The van der Waals surface area contributed by atoms with Gasteiger partial charge in [-0.05, 0) is 0 Å². The van der Waals surface area contributed by atoms with Crippen LogP contribution in [0.3, 0.4) is 0 Å². The summed E-state index contributed by atoms with van der Waals surface area (Å²) in [7, 11) is 1.16. The summed E-state index contributed by atoms with van der Waals surface area (Å²) in [5, 5.41) is 8.82. The van der Waals surface area contributed by atoms with E-state index < -0.39 is 11.5 Å². The molecule has 1 heterocycles. The van der Waals surface area contributed by atoms with Crippen molar-refractivity contribution in [2.75, 3.05) is 20.3 Å². The van der Waals surface area contributed by atoms with Crippen LogP contribution in [0.1, 0.15) is 10.4 Å². The first-order valence-electron chi connectivity index (χ1n) is 6.19. The molecule has 7 heteroatoms. The molecule has 7 nitrogen and oxygen atoms in total. The van der Waals surface area contributed by atoms with Gasteiger partial charge in [0.1, 0.15) is 12.4 Å². The fourth-order valence-corrected chi connectivity index (χ4v) is 1.71. The second kappa shape index (κ2) is 6.67. The van der Waals surface area contributed by atoms with Gasteiger partial charge in [-0.2, -0.15) is 4.98 Å². The molecule has 0 amide bonds. The third-order valence-corrected chi connectivity index (χ3v) is 2.65. The number of aliphatic hydroxyl groups is 1. The van der Waals surface area contributed by atoms with Crippen LogP contribution < -0.4 is 10.3 Å². The number of H-pyrrole nitrogens is 1. The summed E-state index contributed by atoms with van der Waals surface area (Å²) in [6.45, 7) is -0.357. The SMILES string of the molecule is COC(=O)c1c(OCCO)nc(-c2ccccc2)[nH]c1=O. The molecule has 0 spiro atoms. The molecule has 0 radical (unpaired) electrons. The van der Waals surface area contributed by atoms with Crippen molar-refractivity contribution in [2.24, 2.45) is 0 Å². The maximum absolute atomic E-state index is 12.1. The smallest absolute Gasteiger partial charge is 0.349 e. The van der Waals surface area contributed by atoms with Crippen molar-refractivity contribution in [1.29, 1.82) is 0 Å². The number of esters is 1. The molecule has 110 valence electrons. The Labute approximate surface area is 120 Å². The number of rotatable bonds is 5. The predicted octanol–water partition coefficient (Wildman–Crippen LogP) is 0.595. The van der Waals surface area contributed by atoms with E-state index in [9.17, 15) is 9.59 Å². The number of aliphatic hydroxyl groups excluding tert-OH is 1. The zero-order chi connectivity index (χ0) is 15.2. The molecule has 2 N–H and O–H groups in total. The Morgan fingerprint density at radius 3 is 2.67 bits per heavy atom. The van der Waals surface area contributed by atoms with Gasteiger partial charge in [0, 0.05) is 5.56 Å². The molecule has 0 unspecified atom stereocenters. The number of carbonyl (C=O) groups excluding carboxylic acids is 1. The van der Waals surface area contributed by atoms with Gasteiger partial charge in [-0.15, -0.1) is 0 Å². The Morgan fingerprint density at radius 2 is 2.05 bits per heavy atom. The number of aromatic amines is 1. The van der Waals surface area contributed by atoms with E-state index in [0.29, 0.717) is 5.56 Å². The lowest BCUT2D eigenvalue weighted by molar-refractivity contribution is 0.0591. The summed E-state index contributed by atoms with van der Waals surface area (Å²) in [6, 6.07) is 8.92. The summed E-state index contributed by atoms with van der Waals surface area (Å²) >= 11 is 0. The Morgan fingerprint density at radius 1 is 1.33 bits per heavy atom. The summed E-state index contributed by atoms with van der Waals surface area (Å²) in [5.74, 6) is -0.754.